The highest BCUT2D eigenvalue weighted by atomic mass is 32.2. The minimum atomic E-state index is -3.96. The molecule has 9 nitrogen and oxygen atoms in total. The molecule has 2 N–H and O–H groups in total. The summed E-state index contributed by atoms with van der Waals surface area (Å²) >= 11 is 2.76. The monoisotopic (exact) mass is 458 g/mol. The van der Waals surface area contributed by atoms with E-state index >= 15 is 0 Å². The van der Waals surface area contributed by atoms with Crippen LogP contribution in [0.15, 0.2) is 27.4 Å². The highest BCUT2D eigenvalue weighted by Gasteiger charge is 2.30. The zero-order chi connectivity index (χ0) is 21.0. The number of fused-ring (bicyclic) bond motifs is 1. The lowest BCUT2D eigenvalue weighted by Crippen LogP contribution is -2.47. The number of amides is 1. The first kappa shape index (κ1) is 21.8. The highest BCUT2D eigenvalue weighted by Crippen LogP contribution is 2.32. The van der Waals surface area contributed by atoms with Gasteiger partial charge in [-0.05, 0) is 23.8 Å². The summed E-state index contributed by atoms with van der Waals surface area (Å²) < 4.78 is 39.8. The first-order valence-corrected chi connectivity index (χ1v) is 12.3. The molecule has 0 aliphatic carbocycles. The highest BCUT2D eigenvalue weighted by molar-refractivity contribution is 8.01. The summed E-state index contributed by atoms with van der Waals surface area (Å²) in [6.07, 6.45) is 0. The van der Waals surface area contributed by atoms with E-state index in [-0.39, 0.29) is 10.8 Å². The molecule has 1 aromatic carbocycles. The van der Waals surface area contributed by atoms with Crippen molar-refractivity contribution < 1.29 is 22.7 Å². The normalized spacial score (nSPS) is 14.6. The molecule has 0 bridgehead atoms. The summed E-state index contributed by atoms with van der Waals surface area (Å²) in [4.78, 5) is 12.7. The lowest BCUT2D eigenvalue weighted by molar-refractivity contribution is -0.118. The molecular formula is C17H22N4O5S3. The Morgan fingerprint density at radius 2 is 1.97 bits per heavy atom. The van der Waals surface area contributed by atoms with Crippen LogP contribution < -0.4 is 19.5 Å². The van der Waals surface area contributed by atoms with Crippen molar-refractivity contribution >= 4 is 44.2 Å². The van der Waals surface area contributed by atoms with Crippen molar-refractivity contribution in [2.24, 2.45) is 5.92 Å². The Morgan fingerprint density at radius 1 is 1.24 bits per heavy atom. The first-order valence-electron chi connectivity index (χ1n) is 8.99. The number of thioether (sulfide) groups is 1. The molecule has 1 aliphatic rings. The summed E-state index contributed by atoms with van der Waals surface area (Å²) in [6.45, 7) is 6.27. The zero-order valence-electron chi connectivity index (χ0n) is 16.2. The van der Waals surface area contributed by atoms with E-state index in [1.807, 2.05) is 6.92 Å². The molecular weight excluding hydrogens is 436 g/mol. The largest absolute Gasteiger partial charge is 0.486 e. The summed E-state index contributed by atoms with van der Waals surface area (Å²) in [7, 11) is -3.96. The Labute approximate surface area is 177 Å². The topological polar surface area (TPSA) is 120 Å². The molecule has 0 radical (unpaired) electrons. The number of hydrogen-bond acceptors (Lipinski definition) is 9. The van der Waals surface area contributed by atoms with Crippen molar-refractivity contribution in [1.82, 2.24) is 14.9 Å². The summed E-state index contributed by atoms with van der Waals surface area (Å²) in [5, 5.41) is 10.9. The lowest BCUT2D eigenvalue weighted by atomic mass is 10.1. The van der Waals surface area contributed by atoms with Crippen molar-refractivity contribution in [2.75, 3.05) is 24.3 Å². The number of sulfonamides is 1. The second kappa shape index (κ2) is 9.28. The van der Waals surface area contributed by atoms with Crippen LogP contribution in [0, 0.1) is 5.92 Å². The molecule has 1 aromatic heterocycles. The van der Waals surface area contributed by atoms with Gasteiger partial charge in [-0.1, -0.05) is 43.9 Å². The molecule has 0 spiro atoms. The predicted octanol–water partition coefficient (Wildman–Crippen LogP) is 2.36. The van der Waals surface area contributed by atoms with Crippen LogP contribution in [0.2, 0.25) is 0 Å². The van der Waals surface area contributed by atoms with E-state index in [1.54, 1.807) is 19.9 Å². The Kier molecular flexibility index (Phi) is 6.98. The van der Waals surface area contributed by atoms with E-state index in [9.17, 15) is 13.2 Å². The van der Waals surface area contributed by atoms with Gasteiger partial charge < -0.3 is 9.47 Å². The second-order valence-electron chi connectivity index (χ2n) is 6.44. The molecule has 12 heteroatoms. The number of rotatable bonds is 8. The fraction of sp³-hybridized carbons (Fsp3) is 0.471. The standard InChI is InChI=1S/C17H22N4O5S3/c1-4-27-17-20-19-16(28-17)18-15(22)14(10(2)3)21-29(23,24)11-5-6-12-13(9-11)26-8-7-25-12/h5-6,9-10,14,21H,4,7-8H2,1-3H3,(H,18,19,22)/t14-/m0/s1. The molecule has 0 saturated heterocycles. The first-order chi connectivity index (χ1) is 13.8. The second-order valence-corrected chi connectivity index (χ2v) is 10.6. The third kappa shape index (κ3) is 5.38. The maximum atomic E-state index is 12.9. The number of anilines is 1. The number of nitrogens with one attached hydrogen (secondary N) is 2. The maximum absolute atomic E-state index is 12.9. The van der Waals surface area contributed by atoms with E-state index in [2.05, 4.69) is 20.2 Å². The molecule has 0 unspecified atom stereocenters. The number of ether oxygens (including phenoxy) is 2. The molecule has 1 amide bonds. The molecule has 3 rings (SSSR count). The van der Waals surface area contributed by atoms with Gasteiger partial charge in [-0.2, -0.15) is 4.72 Å². The van der Waals surface area contributed by atoms with Crippen LogP contribution in [0.5, 0.6) is 11.5 Å². The van der Waals surface area contributed by atoms with Gasteiger partial charge in [-0.25, -0.2) is 8.42 Å². The minimum Gasteiger partial charge on any atom is -0.486 e. The smallest absolute Gasteiger partial charge is 0.244 e. The Hall–Kier alpha value is -1.89. The van der Waals surface area contributed by atoms with E-state index in [0.29, 0.717) is 29.8 Å². The number of carbonyl (C=O) groups excluding carboxylic acids is 1. The number of benzene rings is 1. The van der Waals surface area contributed by atoms with Crippen molar-refractivity contribution in [1.29, 1.82) is 0 Å². The Bertz CT molecular complexity index is 977. The molecule has 158 valence electrons. The fourth-order valence-electron chi connectivity index (χ4n) is 2.54. The minimum absolute atomic E-state index is 0.00209. The van der Waals surface area contributed by atoms with Crippen molar-refractivity contribution in [3.05, 3.63) is 18.2 Å². The zero-order valence-corrected chi connectivity index (χ0v) is 18.6. The molecule has 29 heavy (non-hydrogen) atoms. The summed E-state index contributed by atoms with van der Waals surface area (Å²) in [6, 6.07) is 3.37. The summed E-state index contributed by atoms with van der Waals surface area (Å²) in [5.74, 6) is 0.904. The molecule has 2 aromatic rings. The quantitative estimate of drug-likeness (QED) is 0.457. The van der Waals surface area contributed by atoms with E-state index in [4.69, 9.17) is 9.47 Å². The number of carbonyl (C=O) groups is 1. The van der Waals surface area contributed by atoms with Gasteiger partial charge in [0.05, 0.1) is 4.90 Å². The average Bonchev–Trinajstić information content (AvgIpc) is 3.12. The Balaban J connectivity index is 1.75. The number of nitrogens with zero attached hydrogens (tertiary/aromatic N) is 2. The van der Waals surface area contributed by atoms with Crippen LogP contribution in [0.3, 0.4) is 0 Å². The van der Waals surface area contributed by atoms with E-state index in [1.165, 1.54) is 35.2 Å². The maximum Gasteiger partial charge on any atom is 0.244 e. The molecule has 0 fully saturated rings. The van der Waals surface area contributed by atoms with Gasteiger partial charge in [-0.3, -0.25) is 10.1 Å². The van der Waals surface area contributed by atoms with Crippen LogP contribution in [-0.2, 0) is 14.8 Å². The Morgan fingerprint density at radius 3 is 2.66 bits per heavy atom. The third-order valence-electron chi connectivity index (χ3n) is 3.96. The van der Waals surface area contributed by atoms with Gasteiger partial charge in [-0.15, -0.1) is 10.2 Å². The number of aromatic nitrogens is 2. The van der Waals surface area contributed by atoms with Crippen molar-refractivity contribution in [3.8, 4) is 11.5 Å². The van der Waals surface area contributed by atoms with Gasteiger partial charge in [0.2, 0.25) is 21.1 Å². The lowest BCUT2D eigenvalue weighted by Gasteiger charge is -2.22. The van der Waals surface area contributed by atoms with Crippen LogP contribution in [0.1, 0.15) is 20.8 Å². The predicted molar refractivity (Wildman–Crippen MR) is 111 cm³/mol. The third-order valence-corrected chi connectivity index (χ3v) is 7.25. The van der Waals surface area contributed by atoms with Crippen LogP contribution >= 0.6 is 23.1 Å². The molecule has 0 saturated carbocycles. The van der Waals surface area contributed by atoms with Crippen LogP contribution in [0.25, 0.3) is 0 Å². The van der Waals surface area contributed by atoms with Gasteiger partial charge in [0.25, 0.3) is 0 Å². The van der Waals surface area contributed by atoms with Gasteiger partial charge >= 0.3 is 0 Å². The fourth-order valence-corrected chi connectivity index (χ4v) is 5.55. The molecule has 2 heterocycles. The van der Waals surface area contributed by atoms with Gasteiger partial charge in [0.15, 0.2) is 15.8 Å². The van der Waals surface area contributed by atoms with Crippen molar-refractivity contribution in [2.45, 2.75) is 36.0 Å². The van der Waals surface area contributed by atoms with Crippen molar-refractivity contribution in [3.63, 3.8) is 0 Å². The van der Waals surface area contributed by atoms with Crippen LogP contribution in [0.4, 0.5) is 5.13 Å². The van der Waals surface area contributed by atoms with E-state index < -0.39 is 22.0 Å². The molecule has 1 atom stereocenters. The summed E-state index contributed by atoms with van der Waals surface area (Å²) in [5.41, 5.74) is 0. The SMILES string of the molecule is CCSc1nnc(NC(=O)[C@@H](NS(=O)(=O)c2ccc3c(c2)OCCO3)C(C)C)s1. The molecule has 1 aliphatic heterocycles. The average molecular weight is 459 g/mol. The van der Waals surface area contributed by atoms with Crippen LogP contribution in [-0.4, -0.2) is 49.5 Å². The van der Waals surface area contributed by atoms with E-state index in [0.717, 1.165) is 10.1 Å². The van der Waals surface area contributed by atoms with Gasteiger partial charge in [0, 0.05) is 6.07 Å². The van der Waals surface area contributed by atoms with Gasteiger partial charge in [0.1, 0.15) is 19.3 Å². The number of hydrogen-bond donors (Lipinski definition) is 2.